The van der Waals surface area contributed by atoms with Crippen molar-refractivity contribution in [2.75, 3.05) is 0 Å². The summed E-state index contributed by atoms with van der Waals surface area (Å²) in [5, 5.41) is 0. The summed E-state index contributed by atoms with van der Waals surface area (Å²) in [4.78, 5) is 0. The number of aryl methyl sites for hydroxylation is 1. The Morgan fingerprint density at radius 1 is 1.31 bits per heavy atom. The van der Waals surface area contributed by atoms with E-state index in [2.05, 4.69) is 45.0 Å². The van der Waals surface area contributed by atoms with Gasteiger partial charge in [-0.25, -0.2) is 0 Å². The molecule has 0 atom stereocenters. The van der Waals surface area contributed by atoms with Crippen LogP contribution in [0.25, 0.3) is 0 Å². The third kappa shape index (κ3) is 4.75. The van der Waals surface area contributed by atoms with Gasteiger partial charge in [0.1, 0.15) is 0 Å². The van der Waals surface area contributed by atoms with E-state index in [-0.39, 0.29) is 51.4 Å². The zero-order valence-corrected chi connectivity index (χ0v) is 12.1. The van der Waals surface area contributed by atoms with Gasteiger partial charge in [0.2, 0.25) is 0 Å². The molecule has 0 saturated carbocycles. The van der Waals surface area contributed by atoms with Crippen LogP contribution in [-0.4, -0.2) is 0 Å². The van der Waals surface area contributed by atoms with Gasteiger partial charge in [-0.2, -0.15) is 6.42 Å². The maximum Gasteiger partial charge on any atom is 1.00 e. The van der Waals surface area contributed by atoms with E-state index < -0.39 is 0 Å². The van der Waals surface area contributed by atoms with Crippen molar-refractivity contribution < 1.29 is 51.4 Å². The molecule has 1 aromatic carbocycles. The smallest absolute Gasteiger partial charge is 0.343 e. The van der Waals surface area contributed by atoms with Crippen LogP contribution >= 0.6 is 0 Å². The Morgan fingerprint density at radius 2 is 2.00 bits per heavy atom. The molecule has 0 aliphatic carbocycles. The minimum atomic E-state index is 0. The van der Waals surface area contributed by atoms with Crippen LogP contribution in [0.5, 0.6) is 0 Å². The predicted octanol–water partition coefficient (Wildman–Crippen LogP) is 0.581. The van der Waals surface area contributed by atoms with Gasteiger partial charge >= 0.3 is 51.4 Å². The van der Waals surface area contributed by atoms with Crippen LogP contribution in [0.15, 0.2) is 24.3 Å². The summed E-state index contributed by atoms with van der Waals surface area (Å²) in [6.07, 6.45) is 2.09. The first kappa shape index (κ1) is 13.9. The summed E-state index contributed by atoms with van der Waals surface area (Å²) < 4.78 is 0. The van der Waals surface area contributed by atoms with Crippen molar-refractivity contribution in [2.24, 2.45) is 0 Å². The molecule has 0 saturated heterocycles. The van der Waals surface area contributed by atoms with E-state index in [1.807, 2.05) is 0 Å². The fraction of sp³-hybridized carbons (Fsp3) is 0.417. The zero-order valence-electron chi connectivity index (χ0n) is 9.01. The molecule has 1 aromatic rings. The van der Waals surface area contributed by atoms with Crippen molar-refractivity contribution in [3.63, 3.8) is 0 Å². The largest absolute Gasteiger partial charge is 1.00 e. The molecule has 0 aromatic heterocycles. The van der Waals surface area contributed by atoms with Crippen molar-refractivity contribution in [3.05, 3.63) is 42.3 Å². The molecule has 0 aliphatic heterocycles. The van der Waals surface area contributed by atoms with E-state index >= 15 is 0 Å². The van der Waals surface area contributed by atoms with Gasteiger partial charge in [0.25, 0.3) is 0 Å². The van der Waals surface area contributed by atoms with Crippen LogP contribution in [0.4, 0.5) is 0 Å². The maximum absolute atomic E-state index is 3.86. The Kier molecular flexibility index (Phi) is 7.66. The summed E-state index contributed by atoms with van der Waals surface area (Å²) in [6, 6.07) is 8.80. The zero-order chi connectivity index (χ0) is 8.97. The van der Waals surface area contributed by atoms with Gasteiger partial charge in [-0.15, -0.1) is 0 Å². The third-order valence-electron chi connectivity index (χ3n) is 2.08. The molecular weight excluding hydrogens is 183 g/mol. The molecular formula is C12H17K. The second-order valence-electron chi connectivity index (χ2n) is 3.50. The molecule has 1 rings (SSSR count). The SMILES string of the molecule is [CH2-]CCc1cccc(C(C)C)c1.[K+]. The Labute approximate surface area is 125 Å². The standard InChI is InChI=1S/C12H17.K/c1-4-6-11-7-5-8-12(9-11)10(2)3;/h5,7-10H,1,4,6H2,2-3H3;/q-1;+1. The summed E-state index contributed by atoms with van der Waals surface area (Å²) in [5.74, 6) is 0.634. The van der Waals surface area contributed by atoms with Gasteiger partial charge in [0, 0.05) is 0 Å². The topological polar surface area (TPSA) is 0 Å². The molecule has 0 N–H and O–H groups in total. The van der Waals surface area contributed by atoms with Crippen LogP contribution in [-0.2, 0) is 6.42 Å². The van der Waals surface area contributed by atoms with Gasteiger partial charge in [0.05, 0.1) is 0 Å². The summed E-state index contributed by atoms with van der Waals surface area (Å²) >= 11 is 0. The van der Waals surface area contributed by atoms with Crippen LogP contribution < -0.4 is 51.4 Å². The average molecular weight is 200 g/mol. The van der Waals surface area contributed by atoms with E-state index in [0.717, 1.165) is 12.8 Å². The van der Waals surface area contributed by atoms with E-state index in [1.165, 1.54) is 11.1 Å². The Balaban J connectivity index is 0.00000144. The Bertz CT molecular complexity index is 241. The van der Waals surface area contributed by atoms with Crippen molar-refractivity contribution >= 4 is 0 Å². The Hall–Kier alpha value is 0.856. The van der Waals surface area contributed by atoms with Gasteiger partial charge in [0.15, 0.2) is 0 Å². The van der Waals surface area contributed by atoms with E-state index in [4.69, 9.17) is 0 Å². The first-order valence-corrected chi connectivity index (χ1v) is 4.62. The number of benzene rings is 1. The normalized spacial score (nSPS) is 9.85. The quantitative estimate of drug-likeness (QED) is 0.495. The van der Waals surface area contributed by atoms with Crippen LogP contribution in [0, 0.1) is 6.92 Å². The molecule has 0 bridgehead atoms. The molecule has 0 nitrogen and oxygen atoms in total. The molecule has 66 valence electrons. The molecule has 0 aliphatic rings. The van der Waals surface area contributed by atoms with E-state index in [0.29, 0.717) is 5.92 Å². The van der Waals surface area contributed by atoms with Gasteiger partial charge in [-0.05, 0) is 11.5 Å². The number of rotatable bonds is 3. The van der Waals surface area contributed by atoms with E-state index in [9.17, 15) is 0 Å². The van der Waals surface area contributed by atoms with Gasteiger partial charge in [-0.1, -0.05) is 50.1 Å². The first-order valence-electron chi connectivity index (χ1n) is 4.62. The maximum atomic E-state index is 3.86. The molecule has 13 heavy (non-hydrogen) atoms. The average Bonchev–Trinajstić information content (AvgIpc) is 2.05. The predicted molar refractivity (Wildman–Crippen MR) is 54.2 cm³/mol. The van der Waals surface area contributed by atoms with Crippen molar-refractivity contribution in [1.82, 2.24) is 0 Å². The van der Waals surface area contributed by atoms with Gasteiger partial charge < -0.3 is 6.92 Å². The molecule has 0 radical (unpaired) electrons. The van der Waals surface area contributed by atoms with Gasteiger partial charge in [-0.3, -0.25) is 0 Å². The molecule has 1 heteroatoms. The molecule has 0 unspecified atom stereocenters. The monoisotopic (exact) mass is 200 g/mol. The summed E-state index contributed by atoms with van der Waals surface area (Å²) in [6.45, 7) is 8.31. The molecule has 0 amide bonds. The van der Waals surface area contributed by atoms with Crippen LogP contribution in [0.2, 0.25) is 0 Å². The van der Waals surface area contributed by atoms with Crippen molar-refractivity contribution in [1.29, 1.82) is 0 Å². The van der Waals surface area contributed by atoms with Crippen molar-refractivity contribution in [2.45, 2.75) is 32.6 Å². The fourth-order valence-electron chi connectivity index (χ4n) is 1.31. The fourth-order valence-corrected chi connectivity index (χ4v) is 1.31. The first-order chi connectivity index (χ1) is 5.74. The molecule has 0 spiro atoms. The minimum absolute atomic E-state index is 0. The second-order valence-corrected chi connectivity index (χ2v) is 3.50. The number of hydrogen-bond acceptors (Lipinski definition) is 0. The van der Waals surface area contributed by atoms with Crippen LogP contribution in [0.1, 0.15) is 37.3 Å². The van der Waals surface area contributed by atoms with Crippen molar-refractivity contribution in [3.8, 4) is 0 Å². The van der Waals surface area contributed by atoms with E-state index in [1.54, 1.807) is 0 Å². The number of hydrogen-bond donors (Lipinski definition) is 0. The summed E-state index contributed by atoms with van der Waals surface area (Å²) in [7, 11) is 0. The minimum Gasteiger partial charge on any atom is -0.343 e. The third-order valence-corrected chi connectivity index (χ3v) is 2.08. The molecule has 0 fully saturated rings. The second kappa shape index (κ2) is 7.19. The Morgan fingerprint density at radius 3 is 2.54 bits per heavy atom. The van der Waals surface area contributed by atoms with Crippen LogP contribution in [0.3, 0.4) is 0 Å². The molecule has 0 heterocycles. The summed E-state index contributed by atoms with van der Waals surface area (Å²) in [5.41, 5.74) is 2.84.